The molecule has 0 saturated heterocycles. The van der Waals surface area contributed by atoms with Crippen molar-refractivity contribution < 1.29 is 23.9 Å². The van der Waals surface area contributed by atoms with Gasteiger partial charge < -0.3 is 25.8 Å². The second-order valence-corrected chi connectivity index (χ2v) is 11.8. The number of Topliss-reactive ketones (excluding diaryl/α,β-unsaturated/α-hetero) is 1. The topological polar surface area (TPSA) is 133 Å². The second-order valence-electron chi connectivity index (χ2n) is 11.8. The Kier molecular flexibility index (Phi) is 8.88. The van der Waals surface area contributed by atoms with Gasteiger partial charge in [-0.25, -0.2) is 4.98 Å². The molecular formula is C38H36N4O5. The Morgan fingerprint density at radius 1 is 0.936 bits per heavy atom. The van der Waals surface area contributed by atoms with Gasteiger partial charge in [-0.1, -0.05) is 54.6 Å². The number of carbonyl (C=O) groups excluding carboxylic acids is 3. The van der Waals surface area contributed by atoms with Gasteiger partial charge in [0.05, 0.1) is 12.7 Å². The number of dihydropyridines is 1. The molecule has 2 heterocycles. The number of ether oxygens (including phenoxy) is 2. The van der Waals surface area contributed by atoms with E-state index in [1.807, 2.05) is 68.4 Å². The van der Waals surface area contributed by atoms with Gasteiger partial charge in [0.1, 0.15) is 23.9 Å². The van der Waals surface area contributed by atoms with Gasteiger partial charge in [-0.05, 0) is 73.2 Å². The van der Waals surface area contributed by atoms with E-state index in [1.165, 1.54) is 0 Å². The Balaban J connectivity index is 1.41. The summed E-state index contributed by atoms with van der Waals surface area (Å²) >= 11 is 0. The lowest BCUT2D eigenvalue weighted by molar-refractivity contribution is -0.116. The summed E-state index contributed by atoms with van der Waals surface area (Å²) < 4.78 is 11.7. The van der Waals surface area contributed by atoms with Crippen molar-refractivity contribution in [2.24, 2.45) is 5.73 Å². The van der Waals surface area contributed by atoms with Crippen molar-refractivity contribution in [2.45, 2.75) is 45.1 Å². The quantitative estimate of drug-likeness (QED) is 0.205. The first-order valence-corrected chi connectivity index (χ1v) is 15.4. The van der Waals surface area contributed by atoms with Crippen molar-refractivity contribution in [2.75, 3.05) is 12.4 Å². The van der Waals surface area contributed by atoms with Gasteiger partial charge >= 0.3 is 0 Å². The Morgan fingerprint density at radius 3 is 2.43 bits per heavy atom. The molecule has 0 fully saturated rings. The summed E-state index contributed by atoms with van der Waals surface area (Å²) in [7, 11) is 1.56. The van der Waals surface area contributed by atoms with Crippen LogP contribution >= 0.6 is 0 Å². The third kappa shape index (κ3) is 6.51. The fourth-order valence-corrected chi connectivity index (χ4v) is 6.40. The van der Waals surface area contributed by atoms with Crippen LogP contribution in [0.15, 0.2) is 114 Å². The minimum atomic E-state index is -0.663. The van der Waals surface area contributed by atoms with Crippen molar-refractivity contribution in [1.82, 2.24) is 10.3 Å². The third-order valence-corrected chi connectivity index (χ3v) is 8.67. The number of methoxy groups -OCH3 is 1. The molecular weight excluding hydrogens is 592 g/mol. The number of benzene rings is 3. The second kappa shape index (κ2) is 13.3. The SMILES string of the molecule is COc1ccc([C@H]2C(C(=O)Nc3ccc(C)cn3)=C(C)NC3=C2C(=O)C[C@@H](c2ccccc2)C3)cc1COc1ccccc1C(N)=O. The Bertz CT molecular complexity index is 1910. The number of hydrogen-bond donors (Lipinski definition) is 3. The van der Waals surface area contributed by atoms with Gasteiger partial charge in [0, 0.05) is 46.6 Å². The van der Waals surface area contributed by atoms with Crippen LogP contribution in [0.1, 0.15) is 64.2 Å². The van der Waals surface area contributed by atoms with Gasteiger partial charge in [0.25, 0.3) is 11.8 Å². The van der Waals surface area contributed by atoms with Crippen molar-refractivity contribution >= 4 is 23.4 Å². The van der Waals surface area contributed by atoms with Crippen molar-refractivity contribution in [3.8, 4) is 11.5 Å². The molecule has 2 amide bonds. The number of nitrogens with zero attached hydrogens (tertiary/aromatic N) is 1. The highest BCUT2D eigenvalue weighted by molar-refractivity contribution is 6.09. The van der Waals surface area contributed by atoms with Gasteiger partial charge in [-0.3, -0.25) is 14.4 Å². The molecule has 2 aliphatic rings. The molecule has 6 rings (SSSR count). The molecule has 47 heavy (non-hydrogen) atoms. The number of anilines is 1. The smallest absolute Gasteiger partial charge is 0.255 e. The fourth-order valence-electron chi connectivity index (χ4n) is 6.40. The number of hydrogen-bond acceptors (Lipinski definition) is 7. The molecule has 1 aliphatic carbocycles. The molecule has 1 aliphatic heterocycles. The number of amides is 2. The summed E-state index contributed by atoms with van der Waals surface area (Å²) in [5.74, 6) is -0.310. The van der Waals surface area contributed by atoms with Crippen LogP contribution in [0.25, 0.3) is 0 Å². The number of para-hydroxylation sites is 1. The highest BCUT2D eigenvalue weighted by Crippen LogP contribution is 2.46. The zero-order chi connectivity index (χ0) is 33.1. The summed E-state index contributed by atoms with van der Waals surface area (Å²) in [5, 5.41) is 6.38. The number of aryl methyl sites for hydroxylation is 1. The molecule has 2 atom stereocenters. The minimum Gasteiger partial charge on any atom is -0.496 e. The number of pyridine rings is 1. The number of carbonyl (C=O) groups is 3. The molecule has 9 heteroatoms. The van der Waals surface area contributed by atoms with E-state index in [0.29, 0.717) is 52.6 Å². The van der Waals surface area contributed by atoms with Crippen LogP contribution in [0.5, 0.6) is 11.5 Å². The first kappa shape index (κ1) is 31.3. The van der Waals surface area contributed by atoms with Gasteiger partial charge in [-0.2, -0.15) is 0 Å². The average Bonchev–Trinajstić information content (AvgIpc) is 3.08. The highest BCUT2D eigenvalue weighted by Gasteiger charge is 2.41. The van der Waals surface area contributed by atoms with E-state index in [-0.39, 0.29) is 29.8 Å². The van der Waals surface area contributed by atoms with E-state index in [4.69, 9.17) is 15.2 Å². The first-order valence-electron chi connectivity index (χ1n) is 15.4. The monoisotopic (exact) mass is 628 g/mol. The normalized spacial score (nSPS) is 17.5. The van der Waals surface area contributed by atoms with Gasteiger partial charge in [-0.15, -0.1) is 0 Å². The third-order valence-electron chi connectivity index (χ3n) is 8.67. The van der Waals surface area contributed by atoms with Crippen molar-refractivity contribution in [3.05, 3.63) is 141 Å². The van der Waals surface area contributed by atoms with E-state index in [9.17, 15) is 14.4 Å². The minimum absolute atomic E-state index is 0.0145. The lowest BCUT2D eigenvalue weighted by Crippen LogP contribution is -2.37. The summed E-state index contributed by atoms with van der Waals surface area (Å²) in [6.07, 6.45) is 2.64. The molecule has 0 unspecified atom stereocenters. The number of nitrogens with one attached hydrogen (secondary N) is 2. The lowest BCUT2D eigenvalue weighted by atomic mass is 9.71. The molecule has 0 spiro atoms. The zero-order valence-corrected chi connectivity index (χ0v) is 26.5. The maximum atomic E-state index is 14.1. The predicted octanol–water partition coefficient (Wildman–Crippen LogP) is 6.08. The molecule has 0 saturated carbocycles. The first-order chi connectivity index (χ1) is 22.7. The number of allylic oxidation sites excluding steroid dienone is 3. The molecule has 3 aromatic carbocycles. The summed E-state index contributed by atoms with van der Waals surface area (Å²) in [6.45, 7) is 3.84. The maximum Gasteiger partial charge on any atom is 0.255 e. The van der Waals surface area contributed by atoms with E-state index < -0.39 is 11.8 Å². The van der Waals surface area contributed by atoms with Crippen LogP contribution in [0.2, 0.25) is 0 Å². The van der Waals surface area contributed by atoms with E-state index >= 15 is 0 Å². The maximum absolute atomic E-state index is 14.1. The predicted molar refractivity (Wildman–Crippen MR) is 179 cm³/mol. The van der Waals surface area contributed by atoms with Crippen LogP contribution in [0, 0.1) is 6.92 Å². The van der Waals surface area contributed by atoms with Gasteiger partial charge in [0.15, 0.2) is 5.78 Å². The Labute approximate surface area is 273 Å². The van der Waals surface area contributed by atoms with Gasteiger partial charge in [0.2, 0.25) is 0 Å². The Hall–Kier alpha value is -5.70. The summed E-state index contributed by atoms with van der Waals surface area (Å²) in [6, 6.07) is 26.0. The average molecular weight is 629 g/mol. The lowest BCUT2D eigenvalue weighted by Gasteiger charge is -2.37. The van der Waals surface area contributed by atoms with E-state index in [0.717, 1.165) is 22.4 Å². The largest absolute Gasteiger partial charge is 0.496 e. The van der Waals surface area contributed by atoms with E-state index in [1.54, 1.807) is 43.6 Å². The number of rotatable bonds is 9. The molecule has 4 aromatic rings. The van der Waals surface area contributed by atoms with Crippen LogP contribution in [-0.4, -0.2) is 29.7 Å². The number of primary amides is 1. The zero-order valence-electron chi connectivity index (χ0n) is 26.5. The summed E-state index contributed by atoms with van der Waals surface area (Å²) in [5.41, 5.74) is 11.8. The standard InChI is InChI=1S/C38H36N4O5/c1-22-13-16-33(40-20-22)42-38(45)34-23(2)41-29-18-26(24-9-5-4-6-10-24)19-30(43)36(29)35(34)25-14-15-31(46-3)27(17-25)21-47-32-12-8-7-11-28(32)37(39)44/h4-17,20,26,35,41H,18-19,21H2,1-3H3,(H2,39,44)(H,40,42,45)/t26-,35-/m0/s1. The molecule has 9 nitrogen and oxygen atoms in total. The molecule has 1 aromatic heterocycles. The molecule has 0 radical (unpaired) electrons. The van der Waals surface area contributed by atoms with Crippen LogP contribution in [-0.2, 0) is 16.2 Å². The molecule has 4 N–H and O–H groups in total. The molecule has 0 bridgehead atoms. The number of ketones is 1. The van der Waals surface area contributed by atoms with E-state index in [2.05, 4.69) is 15.6 Å². The number of aromatic nitrogens is 1. The van der Waals surface area contributed by atoms with Crippen LogP contribution in [0.3, 0.4) is 0 Å². The van der Waals surface area contributed by atoms with Crippen LogP contribution in [0.4, 0.5) is 5.82 Å². The fraction of sp³-hybridized carbons (Fsp3) is 0.211. The highest BCUT2D eigenvalue weighted by atomic mass is 16.5. The number of nitrogens with two attached hydrogens (primary N) is 1. The molecule has 238 valence electrons. The van der Waals surface area contributed by atoms with Crippen LogP contribution < -0.4 is 25.8 Å². The van der Waals surface area contributed by atoms with Crippen molar-refractivity contribution in [3.63, 3.8) is 0 Å². The van der Waals surface area contributed by atoms with Crippen molar-refractivity contribution in [1.29, 1.82) is 0 Å². The Morgan fingerprint density at radius 2 is 1.70 bits per heavy atom. The summed E-state index contributed by atoms with van der Waals surface area (Å²) in [4.78, 5) is 44.6.